The van der Waals surface area contributed by atoms with Gasteiger partial charge in [-0.25, -0.2) is 0 Å². The second kappa shape index (κ2) is 10.2. The zero-order chi connectivity index (χ0) is 24.1. The molecule has 0 saturated carbocycles. The van der Waals surface area contributed by atoms with E-state index in [1.54, 1.807) is 48.8 Å². The lowest BCUT2D eigenvalue weighted by atomic mass is 9.95. The Balaban J connectivity index is 1.81. The van der Waals surface area contributed by atoms with Gasteiger partial charge in [-0.15, -0.1) is 0 Å². The molecule has 1 unspecified atom stereocenters. The first-order valence-corrected chi connectivity index (χ1v) is 11.1. The van der Waals surface area contributed by atoms with E-state index in [9.17, 15) is 14.7 Å². The Morgan fingerprint density at radius 2 is 1.76 bits per heavy atom. The Hall–Kier alpha value is -4.13. The third-order valence-corrected chi connectivity index (χ3v) is 5.65. The van der Waals surface area contributed by atoms with Crippen LogP contribution in [0.1, 0.15) is 36.1 Å². The fourth-order valence-corrected chi connectivity index (χ4v) is 3.97. The molecule has 7 nitrogen and oxygen atoms in total. The number of aromatic nitrogens is 1. The number of rotatable bonds is 8. The van der Waals surface area contributed by atoms with Crippen LogP contribution in [0.5, 0.6) is 11.5 Å². The minimum absolute atomic E-state index is 0.0366. The van der Waals surface area contributed by atoms with Gasteiger partial charge >= 0.3 is 0 Å². The molecule has 1 amide bonds. The number of benzene rings is 2. The molecule has 0 aliphatic carbocycles. The number of ether oxygens (including phenoxy) is 2. The van der Waals surface area contributed by atoms with Gasteiger partial charge in [0.25, 0.3) is 11.7 Å². The maximum absolute atomic E-state index is 13.2. The van der Waals surface area contributed by atoms with Gasteiger partial charge in [0.15, 0.2) is 0 Å². The predicted octanol–water partition coefficient (Wildman–Crippen LogP) is 4.50. The number of carbonyl (C=O) groups excluding carboxylic acids is 2. The molecule has 1 atom stereocenters. The molecule has 4 rings (SSSR count). The van der Waals surface area contributed by atoms with Crippen LogP contribution in [-0.4, -0.2) is 40.4 Å². The molecule has 0 spiro atoms. The van der Waals surface area contributed by atoms with Crippen molar-refractivity contribution >= 4 is 17.4 Å². The van der Waals surface area contributed by atoms with Gasteiger partial charge in [-0.2, -0.15) is 0 Å². The molecular formula is C27H26N2O5. The van der Waals surface area contributed by atoms with Crippen LogP contribution in [0.15, 0.2) is 78.6 Å². The fraction of sp³-hybridized carbons (Fsp3) is 0.222. The number of aliphatic hydroxyl groups is 1. The first kappa shape index (κ1) is 23.0. The van der Waals surface area contributed by atoms with E-state index in [4.69, 9.17) is 9.47 Å². The summed E-state index contributed by atoms with van der Waals surface area (Å²) in [4.78, 5) is 31.8. The molecule has 3 aromatic rings. The van der Waals surface area contributed by atoms with Crippen molar-refractivity contribution < 1.29 is 24.2 Å². The third kappa shape index (κ3) is 4.64. The Morgan fingerprint density at radius 3 is 2.44 bits per heavy atom. The summed E-state index contributed by atoms with van der Waals surface area (Å²) >= 11 is 0. The number of methoxy groups -OCH3 is 1. The van der Waals surface area contributed by atoms with Crippen LogP contribution >= 0.6 is 0 Å². The van der Waals surface area contributed by atoms with Gasteiger partial charge in [0.2, 0.25) is 0 Å². The van der Waals surface area contributed by atoms with Crippen molar-refractivity contribution in [3.8, 4) is 11.5 Å². The first-order chi connectivity index (χ1) is 16.5. The van der Waals surface area contributed by atoms with Crippen molar-refractivity contribution in [1.29, 1.82) is 0 Å². The highest BCUT2D eigenvalue weighted by Gasteiger charge is 2.46. The number of aliphatic hydroxyl groups excluding tert-OH is 1. The summed E-state index contributed by atoms with van der Waals surface area (Å²) in [5.41, 5.74) is 1.96. The Labute approximate surface area is 198 Å². The average molecular weight is 459 g/mol. The van der Waals surface area contributed by atoms with Gasteiger partial charge in [0.1, 0.15) is 17.3 Å². The van der Waals surface area contributed by atoms with Crippen LogP contribution < -0.4 is 9.47 Å². The minimum atomic E-state index is -0.764. The molecule has 2 aromatic carbocycles. The first-order valence-electron chi connectivity index (χ1n) is 11.1. The second-order valence-corrected chi connectivity index (χ2v) is 7.93. The SMILES string of the molecule is CCCOc1ccc(C2/C(=C(\O)c3cccc(OC)c3)C(=O)C(=O)N2Cc2ccncc2)cc1. The van der Waals surface area contributed by atoms with E-state index < -0.39 is 17.7 Å². The zero-order valence-corrected chi connectivity index (χ0v) is 19.1. The van der Waals surface area contributed by atoms with Crippen LogP contribution in [0.2, 0.25) is 0 Å². The van der Waals surface area contributed by atoms with Crippen molar-refractivity contribution in [2.24, 2.45) is 0 Å². The molecule has 1 aromatic heterocycles. The standard InChI is InChI=1S/C27H26N2O5/c1-3-15-34-21-9-7-19(8-10-21)24-23(25(30)20-5-4-6-22(16-20)33-2)26(31)27(32)29(24)17-18-11-13-28-14-12-18/h4-14,16,24,30H,3,15,17H2,1-2H3/b25-23+. The lowest BCUT2D eigenvalue weighted by molar-refractivity contribution is -0.140. The van der Waals surface area contributed by atoms with Crippen molar-refractivity contribution in [2.75, 3.05) is 13.7 Å². The van der Waals surface area contributed by atoms with Gasteiger partial charge in [-0.1, -0.05) is 31.2 Å². The summed E-state index contributed by atoms with van der Waals surface area (Å²) in [5.74, 6) is -0.414. The number of amides is 1. The molecule has 7 heteroatoms. The van der Waals surface area contributed by atoms with Crippen LogP contribution in [0.4, 0.5) is 0 Å². The number of pyridine rings is 1. The summed E-state index contributed by atoms with van der Waals surface area (Å²) < 4.78 is 10.9. The second-order valence-electron chi connectivity index (χ2n) is 7.93. The van der Waals surface area contributed by atoms with E-state index in [2.05, 4.69) is 4.98 Å². The highest BCUT2D eigenvalue weighted by molar-refractivity contribution is 6.46. The molecule has 0 radical (unpaired) electrons. The van der Waals surface area contributed by atoms with E-state index in [-0.39, 0.29) is 17.9 Å². The highest BCUT2D eigenvalue weighted by Crippen LogP contribution is 2.41. The molecule has 174 valence electrons. The van der Waals surface area contributed by atoms with Crippen LogP contribution in [-0.2, 0) is 16.1 Å². The van der Waals surface area contributed by atoms with Crippen LogP contribution in [0.3, 0.4) is 0 Å². The lowest BCUT2D eigenvalue weighted by Gasteiger charge is -2.25. The molecule has 2 heterocycles. The lowest BCUT2D eigenvalue weighted by Crippen LogP contribution is -2.29. The summed E-state index contributed by atoms with van der Waals surface area (Å²) in [5, 5.41) is 11.2. The van der Waals surface area contributed by atoms with Gasteiger partial charge < -0.3 is 19.5 Å². The molecular weight excluding hydrogens is 432 g/mol. The van der Waals surface area contributed by atoms with E-state index in [1.807, 2.05) is 31.2 Å². The molecule has 1 aliphatic rings. The number of hydrogen-bond acceptors (Lipinski definition) is 6. The maximum Gasteiger partial charge on any atom is 0.295 e. The number of nitrogens with zero attached hydrogens (tertiary/aromatic N) is 2. The van der Waals surface area contributed by atoms with Crippen LogP contribution in [0, 0.1) is 0 Å². The maximum atomic E-state index is 13.2. The van der Waals surface area contributed by atoms with Crippen molar-refractivity contribution in [1.82, 2.24) is 9.88 Å². The van der Waals surface area contributed by atoms with Crippen molar-refractivity contribution in [2.45, 2.75) is 25.9 Å². The van der Waals surface area contributed by atoms with Gasteiger partial charge in [0, 0.05) is 24.5 Å². The van der Waals surface area contributed by atoms with Crippen molar-refractivity contribution in [3.63, 3.8) is 0 Å². The summed E-state index contributed by atoms with van der Waals surface area (Å²) in [6.45, 7) is 2.82. The summed E-state index contributed by atoms with van der Waals surface area (Å²) in [6.07, 6.45) is 4.16. The zero-order valence-electron chi connectivity index (χ0n) is 19.1. The van der Waals surface area contributed by atoms with Gasteiger partial charge in [-0.3, -0.25) is 14.6 Å². The fourth-order valence-electron chi connectivity index (χ4n) is 3.97. The predicted molar refractivity (Wildman–Crippen MR) is 127 cm³/mol. The van der Waals surface area contributed by atoms with Crippen molar-refractivity contribution in [3.05, 3.63) is 95.3 Å². The summed E-state index contributed by atoms with van der Waals surface area (Å²) in [6, 6.07) is 16.8. The number of Topliss-reactive ketones (excluding diaryl/α,β-unsaturated/α-hetero) is 1. The van der Waals surface area contributed by atoms with E-state index in [0.717, 1.165) is 12.0 Å². The topological polar surface area (TPSA) is 89.0 Å². The summed E-state index contributed by atoms with van der Waals surface area (Å²) in [7, 11) is 1.52. The van der Waals surface area contributed by atoms with E-state index in [0.29, 0.717) is 29.2 Å². The number of hydrogen-bond donors (Lipinski definition) is 1. The van der Waals surface area contributed by atoms with Gasteiger partial charge in [-0.05, 0) is 53.9 Å². The largest absolute Gasteiger partial charge is 0.507 e. The van der Waals surface area contributed by atoms with Gasteiger partial charge in [0.05, 0.1) is 25.3 Å². The van der Waals surface area contributed by atoms with E-state index in [1.165, 1.54) is 12.0 Å². The number of carbonyl (C=O) groups is 2. The third-order valence-electron chi connectivity index (χ3n) is 5.65. The van der Waals surface area contributed by atoms with E-state index >= 15 is 0 Å². The molecule has 1 saturated heterocycles. The Bertz CT molecular complexity index is 1210. The number of likely N-dealkylation sites (tertiary alicyclic amines) is 1. The Morgan fingerprint density at radius 1 is 1.03 bits per heavy atom. The molecule has 0 bridgehead atoms. The molecule has 1 fully saturated rings. The normalized spacial score (nSPS) is 17.1. The minimum Gasteiger partial charge on any atom is -0.507 e. The molecule has 1 aliphatic heterocycles. The monoisotopic (exact) mass is 458 g/mol. The molecule has 34 heavy (non-hydrogen) atoms. The quantitative estimate of drug-likeness (QED) is 0.304. The molecule has 1 N–H and O–H groups in total. The van der Waals surface area contributed by atoms with Crippen LogP contribution in [0.25, 0.3) is 5.76 Å². The highest BCUT2D eigenvalue weighted by atomic mass is 16.5. The smallest absolute Gasteiger partial charge is 0.295 e. The number of ketones is 1. The Kier molecular flexibility index (Phi) is 6.92. The average Bonchev–Trinajstić information content (AvgIpc) is 3.13.